The molecule has 1 heterocycles. The van der Waals surface area contributed by atoms with Crippen LogP contribution in [-0.2, 0) is 6.42 Å². The Labute approximate surface area is 162 Å². The molecule has 0 unspecified atom stereocenters. The van der Waals surface area contributed by atoms with E-state index in [4.69, 9.17) is 4.74 Å². The highest BCUT2D eigenvalue weighted by Gasteiger charge is 2.24. The number of H-pyrrole nitrogens is 2. The second kappa shape index (κ2) is 6.64. The van der Waals surface area contributed by atoms with Crippen molar-refractivity contribution in [3.63, 3.8) is 0 Å². The summed E-state index contributed by atoms with van der Waals surface area (Å²) in [7, 11) is 1.63. The highest BCUT2D eigenvalue weighted by molar-refractivity contribution is 5.89. The number of aromatic hydroxyl groups is 2. The van der Waals surface area contributed by atoms with E-state index in [1.165, 1.54) is 6.07 Å². The SMILES string of the molecule is COc1ccc(-c2c(-c3cc(C(C)C)c(O)cc3O)[nH][nH]c2=O)c2c1CC=C2. The Balaban J connectivity index is 1.97. The third kappa shape index (κ3) is 2.69. The first-order valence-electron chi connectivity index (χ1n) is 9.16. The summed E-state index contributed by atoms with van der Waals surface area (Å²) in [6, 6.07) is 6.75. The number of aromatic nitrogens is 2. The first kappa shape index (κ1) is 18.0. The third-order valence-corrected chi connectivity index (χ3v) is 5.22. The minimum absolute atomic E-state index is 0.0314. The lowest BCUT2D eigenvalue weighted by Gasteiger charge is -2.14. The zero-order valence-electron chi connectivity index (χ0n) is 16.0. The molecule has 1 aliphatic carbocycles. The van der Waals surface area contributed by atoms with Crippen LogP contribution in [0.25, 0.3) is 28.5 Å². The topological polar surface area (TPSA) is 98.3 Å². The molecule has 0 amide bonds. The summed E-state index contributed by atoms with van der Waals surface area (Å²) in [6.45, 7) is 3.91. The standard InChI is InChI=1S/C22H22N2O4/c1-11(2)15-9-16(18(26)10-17(15)25)21-20(22(27)24-23-21)14-7-8-19(28-3)13-6-4-5-12(13)14/h4-5,7-11,25-26H,6H2,1-3H3,(H2,23,24,27). The number of ether oxygens (including phenoxy) is 1. The van der Waals surface area contributed by atoms with Gasteiger partial charge in [-0.15, -0.1) is 0 Å². The van der Waals surface area contributed by atoms with Gasteiger partial charge in [0.25, 0.3) is 5.56 Å². The Hall–Kier alpha value is -3.41. The van der Waals surface area contributed by atoms with Gasteiger partial charge >= 0.3 is 0 Å². The second-order valence-corrected chi connectivity index (χ2v) is 7.23. The molecule has 4 N–H and O–H groups in total. The van der Waals surface area contributed by atoms with Crippen LogP contribution in [0.15, 0.2) is 35.1 Å². The van der Waals surface area contributed by atoms with Gasteiger partial charge in [-0.1, -0.05) is 26.0 Å². The highest BCUT2D eigenvalue weighted by Crippen LogP contribution is 2.42. The van der Waals surface area contributed by atoms with Gasteiger partial charge in [0.2, 0.25) is 0 Å². The molecule has 0 saturated heterocycles. The van der Waals surface area contributed by atoms with Crippen molar-refractivity contribution in [1.29, 1.82) is 0 Å². The maximum atomic E-state index is 12.7. The van der Waals surface area contributed by atoms with Crippen molar-refractivity contribution in [2.24, 2.45) is 0 Å². The minimum atomic E-state index is -0.277. The lowest BCUT2D eigenvalue weighted by atomic mass is 9.92. The zero-order valence-corrected chi connectivity index (χ0v) is 16.0. The molecule has 0 spiro atoms. The Kier molecular flexibility index (Phi) is 4.26. The number of benzene rings is 2. The Morgan fingerprint density at radius 2 is 1.86 bits per heavy atom. The van der Waals surface area contributed by atoms with E-state index in [0.29, 0.717) is 22.4 Å². The van der Waals surface area contributed by atoms with Gasteiger partial charge in [-0.2, -0.15) is 0 Å². The predicted molar refractivity (Wildman–Crippen MR) is 109 cm³/mol. The minimum Gasteiger partial charge on any atom is -0.508 e. The Bertz CT molecular complexity index is 1150. The average Bonchev–Trinajstić information content (AvgIpc) is 3.28. The van der Waals surface area contributed by atoms with E-state index in [1.807, 2.05) is 38.1 Å². The predicted octanol–water partition coefficient (Wildman–Crippen LogP) is 4.15. The average molecular weight is 378 g/mol. The summed E-state index contributed by atoms with van der Waals surface area (Å²) in [5.74, 6) is 0.775. The van der Waals surface area contributed by atoms with E-state index in [-0.39, 0.29) is 23.0 Å². The Morgan fingerprint density at radius 3 is 2.57 bits per heavy atom. The first-order valence-corrected chi connectivity index (χ1v) is 9.16. The van der Waals surface area contributed by atoms with Gasteiger partial charge in [-0.25, -0.2) is 0 Å². The van der Waals surface area contributed by atoms with E-state index < -0.39 is 0 Å². The van der Waals surface area contributed by atoms with Crippen LogP contribution in [0.2, 0.25) is 0 Å². The van der Waals surface area contributed by atoms with Gasteiger partial charge in [-0.05, 0) is 47.2 Å². The fourth-order valence-corrected chi connectivity index (χ4v) is 3.82. The summed E-state index contributed by atoms with van der Waals surface area (Å²) in [4.78, 5) is 12.7. The van der Waals surface area contributed by atoms with E-state index in [9.17, 15) is 15.0 Å². The second-order valence-electron chi connectivity index (χ2n) is 7.23. The first-order chi connectivity index (χ1) is 13.4. The monoisotopic (exact) mass is 378 g/mol. The van der Waals surface area contributed by atoms with Crippen LogP contribution in [0, 0.1) is 0 Å². The van der Waals surface area contributed by atoms with Crippen LogP contribution < -0.4 is 10.3 Å². The summed E-state index contributed by atoms with van der Waals surface area (Å²) < 4.78 is 5.45. The number of allylic oxidation sites excluding steroid dienone is 1. The molecular weight excluding hydrogens is 356 g/mol. The number of hydrogen-bond acceptors (Lipinski definition) is 4. The molecule has 2 aromatic carbocycles. The van der Waals surface area contributed by atoms with Crippen molar-refractivity contribution in [2.45, 2.75) is 26.2 Å². The molecule has 4 rings (SSSR count). The molecule has 1 aliphatic rings. The van der Waals surface area contributed by atoms with Crippen molar-refractivity contribution < 1.29 is 14.9 Å². The number of aromatic amines is 2. The number of hydrogen-bond donors (Lipinski definition) is 4. The van der Waals surface area contributed by atoms with Crippen LogP contribution in [0.5, 0.6) is 17.2 Å². The number of phenols is 2. The van der Waals surface area contributed by atoms with Gasteiger partial charge in [0, 0.05) is 17.2 Å². The molecule has 3 aromatic rings. The molecule has 144 valence electrons. The number of phenolic OH excluding ortho intramolecular Hbond substituents is 2. The van der Waals surface area contributed by atoms with Crippen LogP contribution in [0.1, 0.15) is 36.5 Å². The van der Waals surface area contributed by atoms with Gasteiger partial charge in [0.1, 0.15) is 17.2 Å². The van der Waals surface area contributed by atoms with Gasteiger partial charge < -0.3 is 14.9 Å². The smallest absolute Gasteiger partial charge is 0.272 e. The molecule has 0 fully saturated rings. The molecule has 0 saturated carbocycles. The molecule has 6 nitrogen and oxygen atoms in total. The van der Waals surface area contributed by atoms with Gasteiger partial charge in [0.05, 0.1) is 18.4 Å². The van der Waals surface area contributed by atoms with Gasteiger partial charge in [0.15, 0.2) is 0 Å². The lowest BCUT2D eigenvalue weighted by Crippen LogP contribution is -2.04. The molecule has 0 atom stereocenters. The van der Waals surface area contributed by atoms with E-state index in [2.05, 4.69) is 10.2 Å². The molecule has 6 heteroatoms. The maximum absolute atomic E-state index is 12.7. The number of methoxy groups -OCH3 is 1. The van der Waals surface area contributed by atoms with Crippen molar-refractivity contribution in [1.82, 2.24) is 10.2 Å². The van der Waals surface area contributed by atoms with Crippen LogP contribution in [0.4, 0.5) is 0 Å². The number of rotatable bonds is 4. The Morgan fingerprint density at radius 1 is 1.07 bits per heavy atom. The molecule has 0 radical (unpaired) electrons. The third-order valence-electron chi connectivity index (χ3n) is 5.22. The molecule has 0 bridgehead atoms. The molecule has 0 aliphatic heterocycles. The fraction of sp³-hybridized carbons (Fsp3) is 0.227. The highest BCUT2D eigenvalue weighted by atomic mass is 16.5. The van der Waals surface area contributed by atoms with Crippen molar-refractivity contribution in [2.75, 3.05) is 7.11 Å². The largest absolute Gasteiger partial charge is 0.508 e. The van der Waals surface area contributed by atoms with Gasteiger partial charge in [-0.3, -0.25) is 15.0 Å². The molecular formula is C22H22N2O4. The quantitative estimate of drug-likeness (QED) is 0.548. The summed E-state index contributed by atoms with van der Waals surface area (Å²) in [5.41, 5.74) is 4.54. The number of fused-ring (bicyclic) bond motifs is 1. The van der Waals surface area contributed by atoms with Crippen LogP contribution in [0.3, 0.4) is 0 Å². The van der Waals surface area contributed by atoms with Crippen LogP contribution >= 0.6 is 0 Å². The molecule has 28 heavy (non-hydrogen) atoms. The molecule has 1 aromatic heterocycles. The van der Waals surface area contributed by atoms with Crippen molar-refractivity contribution >= 4 is 6.08 Å². The summed E-state index contributed by atoms with van der Waals surface area (Å²) >= 11 is 0. The summed E-state index contributed by atoms with van der Waals surface area (Å²) in [5, 5.41) is 26.2. The van der Waals surface area contributed by atoms with Crippen molar-refractivity contribution in [3.8, 4) is 39.6 Å². The lowest BCUT2D eigenvalue weighted by molar-refractivity contribution is 0.411. The van der Waals surface area contributed by atoms with E-state index in [0.717, 1.165) is 28.9 Å². The fourth-order valence-electron chi connectivity index (χ4n) is 3.82. The normalized spacial score (nSPS) is 12.6. The zero-order chi connectivity index (χ0) is 20.0. The van der Waals surface area contributed by atoms with Crippen molar-refractivity contribution in [3.05, 3.63) is 57.4 Å². The van der Waals surface area contributed by atoms with Crippen LogP contribution in [-0.4, -0.2) is 27.5 Å². The summed E-state index contributed by atoms with van der Waals surface area (Å²) in [6.07, 6.45) is 4.76. The maximum Gasteiger partial charge on any atom is 0.272 e. The number of nitrogens with one attached hydrogen (secondary N) is 2. The van der Waals surface area contributed by atoms with E-state index in [1.54, 1.807) is 13.2 Å². The van der Waals surface area contributed by atoms with E-state index >= 15 is 0 Å².